The molecule has 8 nitrogen and oxygen atoms in total. The fourth-order valence-corrected chi connectivity index (χ4v) is 3.12. The molecule has 0 saturated carbocycles. The van der Waals surface area contributed by atoms with Gasteiger partial charge >= 0.3 is 0 Å². The molecule has 9 heteroatoms. The topological polar surface area (TPSA) is 96.5 Å². The van der Waals surface area contributed by atoms with Crippen molar-refractivity contribution in [2.45, 2.75) is 6.10 Å². The highest BCUT2D eigenvalue weighted by molar-refractivity contribution is 6.05. The van der Waals surface area contributed by atoms with Gasteiger partial charge in [-0.05, 0) is 54.6 Å². The number of hydrogen-bond acceptors (Lipinski definition) is 7. The van der Waals surface area contributed by atoms with Crippen LogP contribution in [0.25, 0.3) is 11.3 Å². The van der Waals surface area contributed by atoms with Crippen LogP contribution in [0, 0.1) is 5.82 Å². The van der Waals surface area contributed by atoms with Crippen LogP contribution in [0.15, 0.2) is 54.6 Å². The summed E-state index contributed by atoms with van der Waals surface area (Å²) in [4.78, 5) is 17.1. The molecule has 2 aliphatic rings. The Morgan fingerprint density at radius 3 is 2.73 bits per heavy atom. The maximum Gasteiger partial charge on any atom is 0.258 e. The Bertz CT molecular complexity index is 1110. The summed E-state index contributed by atoms with van der Waals surface area (Å²) < 4.78 is 25.1. The quantitative estimate of drug-likeness (QED) is 0.509. The predicted octanol–water partition coefficient (Wildman–Crippen LogP) is 3.67. The molecule has 156 valence electrons. The Morgan fingerprint density at radius 2 is 1.97 bits per heavy atom. The van der Waals surface area contributed by atoms with Gasteiger partial charge in [-0.25, -0.2) is 9.37 Å². The zero-order valence-corrected chi connectivity index (χ0v) is 15.7. The minimum absolute atomic E-state index is 0. The van der Waals surface area contributed by atoms with Crippen molar-refractivity contribution in [2.75, 3.05) is 29.4 Å². The third-order valence-electron chi connectivity index (χ3n) is 4.80. The summed E-state index contributed by atoms with van der Waals surface area (Å²) in [6.45, 7) is 1.16. The molecular formula is C21H22FN5O3. The number of benzene rings is 2. The van der Waals surface area contributed by atoms with Gasteiger partial charge in [-0.3, -0.25) is 10.2 Å². The van der Waals surface area contributed by atoms with Gasteiger partial charge in [0.15, 0.2) is 5.82 Å². The number of pyridine rings is 1. The zero-order valence-electron chi connectivity index (χ0n) is 15.7. The lowest BCUT2D eigenvalue weighted by atomic mass is 10.1. The minimum Gasteiger partial charge on any atom is -0.486 e. The number of nitrogens with zero attached hydrogens (tertiary/aromatic N) is 1. The minimum atomic E-state index is -0.608. The third-order valence-corrected chi connectivity index (χ3v) is 4.80. The van der Waals surface area contributed by atoms with Gasteiger partial charge < -0.3 is 20.2 Å². The molecule has 4 N–H and O–H groups in total. The normalized spacial score (nSPS) is 14.8. The second kappa shape index (κ2) is 7.62. The van der Waals surface area contributed by atoms with Crippen LogP contribution >= 0.6 is 0 Å². The van der Waals surface area contributed by atoms with E-state index >= 15 is 0 Å². The van der Waals surface area contributed by atoms with Crippen molar-refractivity contribution < 1.29 is 21.5 Å². The maximum atomic E-state index is 14.4. The molecule has 0 aliphatic carbocycles. The van der Waals surface area contributed by atoms with Crippen LogP contribution in [-0.2, 0) is 4.74 Å². The molecule has 2 aromatic carbocycles. The van der Waals surface area contributed by atoms with Crippen molar-refractivity contribution in [3.63, 3.8) is 0 Å². The van der Waals surface area contributed by atoms with E-state index in [-0.39, 0.29) is 14.5 Å². The van der Waals surface area contributed by atoms with E-state index in [2.05, 4.69) is 26.7 Å². The molecule has 30 heavy (non-hydrogen) atoms. The van der Waals surface area contributed by atoms with Crippen LogP contribution in [0.2, 0.25) is 0 Å². The van der Waals surface area contributed by atoms with Gasteiger partial charge in [0.1, 0.15) is 17.7 Å². The Hall–Kier alpha value is -3.69. The van der Waals surface area contributed by atoms with Crippen molar-refractivity contribution in [2.24, 2.45) is 0 Å². The first-order valence-corrected chi connectivity index (χ1v) is 9.39. The maximum absolute atomic E-state index is 14.4. The van der Waals surface area contributed by atoms with Crippen LogP contribution in [0.4, 0.5) is 21.6 Å². The van der Waals surface area contributed by atoms with E-state index in [1.165, 1.54) is 12.1 Å². The average molecular weight is 411 g/mol. The van der Waals surface area contributed by atoms with E-state index in [9.17, 15) is 9.18 Å². The molecule has 1 fully saturated rings. The molecule has 1 aromatic heterocycles. The van der Waals surface area contributed by atoms with Crippen molar-refractivity contribution >= 4 is 23.1 Å². The summed E-state index contributed by atoms with van der Waals surface area (Å²) in [5.74, 6) is 0.162. The molecule has 0 spiro atoms. The molecule has 0 radical (unpaired) electrons. The van der Waals surface area contributed by atoms with Crippen LogP contribution in [-0.4, -0.2) is 30.2 Å². The van der Waals surface area contributed by atoms with E-state index < -0.39 is 11.7 Å². The lowest BCUT2D eigenvalue weighted by Crippen LogP contribution is -2.38. The third kappa shape index (κ3) is 3.63. The molecule has 0 bridgehead atoms. The van der Waals surface area contributed by atoms with E-state index in [0.717, 1.165) is 5.69 Å². The highest BCUT2D eigenvalue weighted by atomic mass is 19.1. The summed E-state index contributed by atoms with van der Waals surface area (Å²) >= 11 is 0. The largest absolute Gasteiger partial charge is 0.486 e. The standard InChI is InChI=1S/C21H18FN5O3.2H2/c22-17-6-1-12(18-7-8-19-20(24-18)26-27-25-19)9-16(17)21(28)23-13-2-4-14(5-3-13)30-15-10-29-11-15;;/h1-9,15,25,27H,10-11H2,(H,23,28)(H,24,26);2*1H. The summed E-state index contributed by atoms with van der Waals surface area (Å²) in [6, 6.07) is 14.9. The molecule has 3 heterocycles. The van der Waals surface area contributed by atoms with Crippen molar-refractivity contribution in [3.05, 3.63) is 66.0 Å². The summed E-state index contributed by atoms with van der Waals surface area (Å²) in [7, 11) is 0. The lowest BCUT2D eigenvalue weighted by Gasteiger charge is -2.26. The average Bonchev–Trinajstić information content (AvgIpc) is 3.20. The number of ether oxygens (including phenoxy) is 2. The first kappa shape index (κ1) is 18.3. The van der Waals surface area contributed by atoms with Gasteiger partial charge in [-0.15, -0.1) is 5.53 Å². The molecule has 1 saturated heterocycles. The van der Waals surface area contributed by atoms with E-state index in [4.69, 9.17) is 9.47 Å². The number of aromatic nitrogens is 1. The van der Waals surface area contributed by atoms with Gasteiger partial charge in [0.2, 0.25) is 0 Å². The summed E-state index contributed by atoms with van der Waals surface area (Å²) in [5.41, 5.74) is 11.0. The number of halogens is 1. The fraction of sp³-hybridized carbons (Fsp3) is 0.143. The second-order valence-electron chi connectivity index (χ2n) is 6.92. The predicted molar refractivity (Wildman–Crippen MR) is 114 cm³/mol. The Morgan fingerprint density at radius 1 is 1.13 bits per heavy atom. The number of nitrogens with one attached hydrogen (secondary N) is 4. The first-order chi connectivity index (χ1) is 14.7. The van der Waals surface area contributed by atoms with Crippen molar-refractivity contribution in [1.82, 2.24) is 10.5 Å². The van der Waals surface area contributed by atoms with Gasteiger partial charge in [0, 0.05) is 14.1 Å². The monoisotopic (exact) mass is 411 g/mol. The van der Waals surface area contributed by atoms with Gasteiger partial charge in [-0.2, -0.15) is 0 Å². The number of anilines is 3. The number of fused-ring (bicyclic) bond motifs is 1. The number of hydrazine groups is 2. The molecule has 3 aromatic rings. The molecule has 0 atom stereocenters. The fourth-order valence-electron chi connectivity index (χ4n) is 3.12. The number of rotatable bonds is 5. The van der Waals surface area contributed by atoms with Crippen LogP contribution in [0.3, 0.4) is 0 Å². The number of carbonyl (C=O) groups is 1. The molecular weight excluding hydrogens is 389 g/mol. The molecule has 0 unspecified atom stereocenters. The number of carbonyl (C=O) groups excluding carboxylic acids is 1. The van der Waals surface area contributed by atoms with E-state index in [1.54, 1.807) is 36.4 Å². The van der Waals surface area contributed by atoms with Crippen molar-refractivity contribution in [1.29, 1.82) is 0 Å². The van der Waals surface area contributed by atoms with Gasteiger partial charge in [0.25, 0.3) is 5.91 Å². The molecule has 1 amide bonds. The number of amides is 1. The smallest absolute Gasteiger partial charge is 0.258 e. The van der Waals surface area contributed by atoms with E-state index in [1.807, 2.05) is 6.07 Å². The SMILES string of the molecule is O=C(Nc1ccc(OC2COC2)cc1)c1cc(-c2ccc3c(n2)NNN3)ccc1F.[HH].[HH]. The first-order valence-electron chi connectivity index (χ1n) is 9.39. The highest BCUT2D eigenvalue weighted by Gasteiger charge is 2.20. The zero-order chi connectivity index (χ0) is 20.5. The van der Waals surface area contributed by atoms with Gasteiger partial charge in [0.05, 0.1) is 30.2 Å². The number of hydrogen-bond donors (Lipinski definition) is 4. The lowest BCUT2D eigenvalue weighted by molar-refractivity contribution is -0.0796. The van der Waals surface area contributed by atoms with E-state index in [0.29, 0.717) is 41.7 Å². The molecule has 5 rings (SSSR count). The second-order valence-corrected chi connectivity index (χ2v) is 6.92. The van der Waals surface area contributed by atoms with Crippen molar-refractivity contribution in [3.8, 4) is 17.0 Å². The Labute approximate surface area is 174 Å². The Kier molecular flexibility index (Phi) is 4.66. The molecule has 2 aliphatic heterocycles. The summed E-state index contributed by atoms with van der Waals surface area (Å²) in [5, 5.41) is 2.72. The van der Waals surface area contributed by atoms with Crippen LogP contribution in [0.1, 0.15) is 13.2 Å². The Balaban J connectivity index is 0.00000144. The van der Waals surface area contributed by atoms with Crippen LogP contribution in [0.5, 0.6) is 5.75 Å². The van der Waals surface area contributed by atoms with Gasteiger partial charge in [-0.1, -0.05) is 0 Å². The van der Waals surface area contributed by atoms with Crippen LogP contribution < -0.4 is 26.4 Å². The highest BCUT2D eigenvalue weighted by Crippen LogP contribution is 2.28. The summed E-state index contributed by atoms with van der Waals surface area (Å²) in [6.07, 6.45) is 0.0665.